The van der Waals surface area contributed by atoms with Gasteiger partial charge in [0.15, 0.2) is 0 Å². The summed E-state index contributed by atoms with van der Waals surface area (Å²) in [6, 6.07) is -0.443. The second kappa shape index (κ2) is 11.6. The van der Waals surface area contributed by atoms with Gasteiger partial charge in [-0.15, -0.1) is 6.42 Å². The topological polar surface area (TPSA) is 81.1 Å². The first kappa shape index (κ1) is 12.5. The number of carbonyl (C=O) groups excluding carboxylic acids is 1. The fourth-order valence-electron chi connectivity index (χ4n) is 0.248. The molecular weight excluding hydrogens is 142 g/mol. The maximum Gasteiger partial charge on any atom is 0.312 e. The Labute approximate surface area is 67.3 Å². The van der Waals surface area contributed by atoms with Crippen molar-refractivity contribution in [3.05, 3.63) is 0 Å². The Morgan fingerprint density at radius 1 is 1.73 bits per heavy atom. The van der Waals surface area contributed by atoms with Crippen LogP contribution in [0.25, 0.3) is 0 Å². The van der Waals surface area contributed by atoms with Crippen LogP contribution >= 0.6 is 0 Å². The summed E-state index contributed by atoms with van der Waals surface area (Å²) < 4.78 is 0. The van der Waals surface area contributed by atoms with Crippen LogP contribution in [0.15, 0.2) is 0 Å². The van der Waals surface area contributed by atoms with Crippen molar-refractivity contribution in [1.82, 2.24) is 5.32 Å². The highest BCUT2D eigenvalue weighted by atomic mass is 16.2. The summed E-state index contributed by atoms with van der Waals surface area (Å²) in [6.07, 6.45) is 5.59. The number of primary amides is 1. The monoisotopic (exact) mass is 157 g/mol. The number of urea groups is 1. The van der Waals surface area contributed by atoms with Crippen LogP contribution in [0.5, 0.6) is 0 Å². The highest BCUT2D eigenvalue weighted by Gasteiger charge is 1.83. The quantitative estimate of drug-likeness (QED) is 0.478. The minimum absolute atomic E-state index is 0.347. The van der Waals surface area contributed by atoms with Crippen LogP contribution in [-0.4, -0.2) is 19.1 Å². The van der Waals surface area contributed by atoms with E-state index in [1.165, 1.54) is 0 Å². The van der Waals surface area contributed by atoms with E-state index in [9.17, 15) is 4.79 Å². The first-order chi connectivity index (χ1) is 5.18. The number of hydrogen-bond acceptors (Lipinski definition) is 2. The summed E-state index contributed by atoms with van der Waals surface area (Å²) >= 11 is 0. The van der Waals surface area contributed by atoms with E-state index in [0.717, 1.165) is 6.42 Å². The van der Waals surface area contributed by atoms with E-state index in [1.54, 1.807) is 0 Å². The molecule has 0 spiro atoms. The minimum atomic E-state index is -0.443. The Kier molecular flexibility index (Phi) is 13.1. The van der Waals surface area contributed by atoms with Crippen LogP contribution in [0.4, 0.5) is 4.79 Å². The molecule has 0 aromatic rings. The third-order valence-corrected chi connectivity index (χ3v) is 0.667. The van der Waals surface area contributed by atoms with Crippen LogP contribution in [-0.2, 0) is 0 Å². The molecule has 0 fully saturated rings. The van der Waals surface area contributed by atoms with Gasteiger partial charge in [0.25, 0.3) is 0 Å². The number of amides is 2. The molecule has 5 N–H and O–H groups in total. The minimum Gasteiger partial charge on any atom is -0.352 e. The first-order valence-corrected chi connectivity index (χ1v) is 3.35. The Bertz CT molecular complexity index is 128. The lowest BCUT2D eigenvalue weighted by molar-refractivity contribution is 0.249. The summed E-state index contributed by atoms with van der Waals surface area (Å²) in [7, 11) is 0. The number of nitrogens with one attached hydrogen (secondary N) is 1. The molecule has 2 amide bonds. The van der Waals surface area contributed by atoms with E-state index >= 15 is 0 Å². The Morgan fingerprint density at radius 3 is 2.27 bits per heavy atom. The fraction of sp³-hybridized carbons (Fsp3) is 0.571. The van der Waals surface area contributed by atoms with Crippen molar-refractivity contribution in [1.29, 1.82) is 0 Å². The number of carbonyl (C=O) groups is 1. The van der Waals surface area contributed by atoms with Crippen molar-refractivity contribution in [2.45, 2.75) is 13.3 Å². The highest BCUT2D eigenvalue weighted by molar-refractivity contribution is 5.71. The standard InChI is InChI=1S/C4H10N2O.C3H5N/c1-2-3-6-4(5)7;1-2-3-4/h2-3H2,1H3,(H3,5,6,7);1H,3-4H2. The second-order valence-corrected chi connectivity index (χ2v) is 1.70. The van der Waals surface area contributed by atoms with Crippen molar-refractivity contribution in [3.63, 3.8) is 0 Å². The average Bonchev–Trinajstić information content (AvgIpc) is 2.01. The average molecular weight is 157 g/mol. The predicted octanol–water partition coefficient (Wildman–Crippen LogP) is -0.357. The van der Waals surface area contributed by atoms with Crippen LogP contribution < -0.4 is 16.8 Å². The molecule has 0 unspecified atom stereocenters. The zero-order chi connectivity index (χ0) is 9.11. The van der Waals surface area contributed by atoms with Gasteiger partial charge in [-0.05, 0) is 6.42 Å². The maximum atomic E-state index is 9.87. The molecule has 4 nitrogen and oxygen atoms in total. The third-order valence-electron chi connectivity index (χ3n) is 0.667. The second-order valence-electron chi connectivity index (χ2n) is 1.70. The first-order valence-electron chi connectivity index (χ1n) is 3.35. The van der Waals surface area contributed by atoms with Gasteiger partial charge in [0, 0.05) is 6.54 Å². The van der Waals surface area contributed by atoms with Gasteiger partial charge in [-0.2, -0.15) is 0 Å². The Balaban J connectivity index is 0. The molecular formula is C7H15N3O. The van der Waals surface area contributed by atoms with Crippen molar-refractivity contribution in [2.24, 2.45) is 11.5 Å². The fourth-order valence-corrected chi connectivity index (χ4v) is 0.248. The van der Waals surface area contributed by atoms with Crippen LogP contribution in [0.3, 0.4) is 0 Å². The number of terminal acetylenes is 1. The van der Waals surface area contributed by atoms with Crippen LogP contribution in [0.2, 0.25) is 0 Å². The molecule has 0 aliphatic carbocycles. The molecule has 0 aromatic carbocycles. The number of nitrogens with two attached hydrogens (primary N) is 2. The van der Waals surface area contributed by atoms with Gasteiger partial charge in [-0.1, -0.05) is 12.8 Å². The molecule has 0 aliphatic heterocycles. The van der Waals surface area contributed by atoms with Gasteiger partial charge in [0.05, 0.1) is 6.54 Å². The van der Waals surface area contributed by atoms with Crippen molar-refractivity contribution in [3.8, 4) is 12.3 Å². The van der Waals surface area contributed by atoms with Gasteiger partial charge in [-0.25, -0.2) is 4.79 Å². The van der Waals surface area contributed by atoms with Gasteiger partial charge >= 0.3 is 6.03 Å². The zero-order valence-electron chi connectivity index (χ0n) is 6.76. The summed E-state index contributed by atoms with van der Waals surface area (Å²) in [4.78, 5) is 9.87. The molecule has 0 aromatic heterocycles. The largest absolute Gasteiger partial charge is 0.352 e. The summed E-state index contributed by atoms with van der Waals surface area (Å²) in [5, 5.41) is 2.43. The molecule has 11 heavy (non-hydrogen) atoms. The summed E-state index contributed by atoms with van der Waals surface area (Å²) in [6.45, 7) is 2.99. The van der Waals surface area contributed by atoms with E-state index in [-0.39, 0.29) is 0 Å². The highest BCUT2D eigenvalue weighted by Crippen LogP contribution is 1.66. The molecule has 0 rings (SSSR count). The molecule has 0 saturated carbocycles. The molecule has 0 radical (unpaired) electrons. The third kappa shape index (κ3) is 28.2. The Morgan fingerprint density at radius 2 is 2.18 bits per heavy atom. The van der Waals surface area contributed by atoms with Crippen molar-refractivity contribution >= 4 is 6.03 Å². The lowest BCUT2D eigenvalue weighted by atomic mass is 10.5. The Hall–Kier alpha value is -1.21. The van der Waals surface area contributed by atoms with Gasteiger partial charge < -0.3 is 16.8 Å². The predicted molar refractivity (Wildman–Crippen MR) is 45.8 cm³/mol. The molecule has 0 bridgehead atoms. The van der Waals surface area contributed by atoms with Gasteiger partial charge in [0.2, 0.25) is 0 Å². The van der Waals surface area contributed by atoms with E-state index < -0.39 is 6.03 Å². The smallest absolute Gasteiger partial charge is 0.312 e. The van der Waals surface area contributed by atoms with Gasteiger partial charge in [0.1, 0.15) is 0 Å². The molecule has 4 heteroatoms. The van der Waals surface area contributed by atoms with E-state index in [1.807, 2.05) is 6.92 Å². The SMILES string of the molecule is C#CCN.CCCNC(N)=O. The zero-order valence-corrected chi connectivity index (χ0v) is 6.76. The number of rotatable bonds is 2. The van der Waals surface area contributed by atoms with Crippen molar-refractivity contribution < 1.29 is 4.79 Å². The summed E-state index contributed by atoms with van der Waals surface area (Å²) in [5.41, 5.74) is 9.52. The van der Waals surface area contributed by atoms with E-state index in [4.69, 9.17) is 11.5 Å². The normalized spacial score (nSPS) is 7.00. The molecule has 0 heterocycles. The van der Waals surface area contributed by atoms with Crippen LogP contribution in [0, 0.1) is 12.3 Å². The lowest BCUT2D eigenvalue weighted by Crippen LogP contribution is -2.29. The van der Waals surface area contributed by atoms with E-state index in [2.05, 4.69) is 17.7 Å². The maximum absolute atomic E-state index is 9.87. The molecule has 0 atom stereocenters. The summed E-state index contributed by atoms with van der Waals surface area (Å²) in [5.74, 6) is 2.21. The van der Waals surface area contributed by atoms with Crippen molar-refractivity contribution in [2.75, 3.05) is 13.1 Å². The molecule has 0 aliphatic rings. The van der Waals surface area contributed by atoms with Crippen LogP contribution in [0.1, 0.15) is 13.3 Å². The number of hydrogen-bond donors (Lipinski definition) is 3. The molecule has 64 valence electrons. The lowest BCUT2D eigenvalue weighted by Gasteiger charge is -1.93. The molecule has 0 saturated heterocycles. The van der Waals surface area contributed by atoms with Gasteiger partial charge in [-0.3, -0.25) is 0 Å². The van der Waals surface area contributed by atoms with E-state index in [0.29, 0.717) is 13.1 Å².